The average molecular weight is 345 g/mol. The maximum Gasteiger partial charge on any atom is 0.308 e. The molecule has 0 N–H and O–H groups in total. The zero-order valence-electron chi connectivity index (χ0n) is 12.5. The number of ketones is 1. The van der Waals surface area contributed by atoms with Gasteiger partial charge in [0.1, 0.15) is 0 Å². The number of Topliss-reactive ketones (excluding diaryl/α,β-unsaturated/α-hetero) is 1. The molecule has 0 amide bonds. The van der Waals surface area contributed by atoms with Gasteiger partial charge in [-0.1, -0.05) is 41.8 Å². The zero-order chi connectivity index (χ0) is 15.0. The Morgan fingerprint density at radius 2 is 2.15 bits per heavy atom. The number of hydrogen-bond acceptors (Lipinski definition) is 3. The molecule has 0 radical (unpaired) electrons. The summed E-state index contributed by atoms with van der Waals surface area (Å²) >= 11 is 3.45. The van der Waals surface area contributed by atoms with Crippen molar-refractivity contribution in [2.45, 2.75) is 63.6 Å². The Labute approximate surface area is 130 Å². The maximum absolute atomic E-state index is 11.6. The van der Waals surface area contributed by atoms with Crippen LogP contribution in [0.25, 0.3) is 0 Å². The van der Waals surface area contributed by atoms with Gasteiger partial charge >= 0.3 is 5.97 Å². The highest BCUT2D eigenvalue weighted by molar-refractivity contribution is 9.09. The Morgan fingerprint density at radius 3 is 2.70 bits per heavy atom. The molecule has 114 valence electrons. The van der Waals surface area contributed by atoms with Crippen LogP contribution >= 0.6 is 15.9 Å². The van der Waals surface area contributed by atoms with Gasteiger partial charge in [-0.15, -0.1) is 0 Å². The molecule has 0 heterocycles. The van der Waals surface area contributed by atoms with Crippen molar-refractivity contribution in [3.8, 4) is 0 Å². The van der Waals surface area contributed by atoms with E-state index in [0.29, 0.717) is 13.0 Å². The predicted octanol–water partition coefficient (Wildman–Crippen LogP) is 4.19. The quantitative estimate of drug-likeness (QED) is 0.358. The van der Waals surface area contributed by atoms with Crippen LogP contribution in [0.2, 0.25) is 0 Å². The van der Waals surface area contributed by atoms with Crippen LogP contribution in [0.1, 0.15) is 58.8 Å². The van der Waals surface area contributed by atoms with Crippen LogP contribution in [-0.4, -0.2) is 23.2 Å². The van der Waals surface area contributed by atoms with E-state index in [4.69, 9.17) is 4.74 Å². The molecule has 0 spiro atoms. The molecule has 0 aromatic rings. The molecule has 0 bridgehead atoms. The molecule has 2 unspecified atom stereocenters. The van der Waals surface area contributed by atoms with Gasteiger partial charge in [0.15, 0.2) is 5.78 Å². The van der Waals surface area contributed by atoms with Crippen molar-refractivity contribution >= 4 is 27.7 Å². The first-order valence-corrected chi connectivity index (χ1v) is 8.54. The van der Waals surface area contributed by atoms with Crippen molar-refractivity contribution in [2.24, 2.45) is 5.92 Å². The van der Waals surface area contributed by atoms with Gasteiger partial charge in [-0.25, -0.2) is 0 Å². The highest BCUT2D eigenvalue weighted by Gasteiger charge is 2.21. The molecule has 1 aliphatic carbocycles. The SMILES string of the molecule is CCOC(=O)C(CC)CCCCCC1=CC(Br)CC1=O. The van der Waals surface area contributed by atoms with Crippen molar-refractivity contribution in [3.63, 3.8) is 0 Å². The van der Waals surface area contributed by atoms with Crippen molar-refractivity contribution in [1.29, 1.82) is 0 Å². The Kier molecular flexibility index (Phi) is 8.12. The number of halogens is 1. The van der Waals surface area contributed by atoms with Crippen molar-refractivity contribution in [3.05, 3.63) is 11.6 Å². The van der Waals surface area contributed by atoms with Crippen molar-refractivity contribution < 1.29 is 14.3 Å². The molecule has 0 saturated carbocycles. The first kappa shape index (κ1) is 17.4. The van der Waals surface area contributed by atoms with Crippen LogP contribution in [0.4, 0.5) is 0 Å². The van der Waals surface area contributed by atoms with E-state index in [2.05, 4.69) is 15.9 Å². The molecule has 0 aromatic carbocycles. The number of alkyl halides is 1. The molecule has 0 fully saturated rings. The monoisotopic (exact) mass is 344 g/mol. The Bertz CT molecular complexity index is 363. The first-order valence-electron chi connectivity index (χ1n) is 7.63. The normalized spacial score (nSPS) is 19.9. The fraction of sp³-hybridized carbons (Fsp3) is 0.750. The van der Waals surface area contributed by atoms with Gasteiger partial charge in [0.2, 0.25) is 0 Å². The van der Waals surface area contributed by atoms with E-state index >= 15 is 0 Å². The van der Waals surface area contributed by atoms with Gasteiger partial charge in [-0.05, 0) is 38.2 Å². The van der Waals surface area contributed by atoms with Gasteiger partial charge in [-0.3, -0.25) is 9.59 Å². The van der Waals surface area contributed by atoms with Gasteiger partial charge in [-0.2, -0.15) is 0 Å². The largest absolute Gasteiger partial charge is 0.466 e. The Balaban J connectivity index is 2.16. The van der Waals surface area contributed by atoms with Crippen LogP contribution in [-0.2, 0) is 14.3 Å². The second-order valence-electron chi connectivity index (χ2n) is 5.29. The summed E-state index contributed by atoms with van der Waals surface area (Å²) in [5, 5.41) is 0. The predicted molar refractivity (Wildman–Crippen MR) is 83.9 cm³/mol. The molecule has 4 heteroatoms. The second kappa shape index (κ2) is 9.32. The number of carbonyl (C=O) groups excluding carboxylic acids is 2. The molecule has 0 aliphatic heterocycles. The van der Waals surface area contributed by atoms with Crippen LogP contribution < -0.4 is 0 Å². The van der Waals surface area contributed by atoms with Crippen molar-refractivity contribution in [2.75, 3.05) is 6.61 Å². The number of esters is 1. The Hall–Kier alpha value is -0.640. The molecule has 1 rings (SSSR count). The van der Waals surface area contributed by atoms with E-state index < -0.39 is 0 Å². The standard InChI is InChI=1S/C16H25BrO3/c1-3-12(16(19)20-4-2)8-6-5-7-9-13-10-14(17)11-15(13)18/h10,12,14H,3-9,11H2,1-2H3. The topological polar surface area (TPSA) is 43.4 Å². The lowest BCUT2D eigenvalue weighted by Crippen LogP contribution is -2.17. The number of rotatable bonds is 9. The lowest BCUT2D eigenvalue weighted by Gasteiger charge is -2.13. The molecule has 1 aliphatic rings. The minimum atomic E-state index is -0.0641. The summed E-state index contributed by atoms with van der Waals surface area (Å²) in [6.07, 6.45) is 8.36. The van der Waals surface area contributed by atoms with Gasteiger partial charge in [0.05, 0.1) is 12.5 Å². The number of allylic oxidation sites excluding steroid dienone is 2. The number of ether oxygens (including phenoxy) is 1. The van der Waals surface area contributed by atoms with Crippen LogP contribution in [0.15, 0.2) is 11.6 Å². The molecule has 0 aromatic heterocycles. The van der Waals surface area contributed by atoms with Crippen molar-refractivity contribution in [1.82, 2.24) is 0 Å². The van der Waals surface area contributed by atoms with Gasteiger partial charge < -0.3 is 4.74 Å². The number of hydrogen-bond donors (Lipinski definition) is 0. The maximum atomic E-state index is 11.6. The summed E-state index contributed by atoms with van der Waals surface area (Å²) in [6.45, 7) is 4.33. The number of carbonyl (C=O) groups is 2. The van der Waals surface area contributed by atoms with Crippen LogP contribution in [0, 0.1) is 5.92 Å². The summed E-state index contributed by atoms with van der Waals surface area (Å²) in [7, 11) is 0. The Morgan fingerprint density at radius 1 is 1.40 bits per heavy atom. The zero-order valence-corrected chi connectivity index (χ0v) is 14.1. The first-order chi connectivity index (χ1) is 9.58. The summed E-state index contributed by atoms with van der Waals surface area (Å²) in [4.78, 5) is 23.5. The third-order valence-electron chi connectivity index (χ3n) is 3.73. The fourth-order valence-corrected chi connectivity index (χ4v) is 3.15. The van der Waals surface area contributed by atoms with E-state index in [1.54, 1.807) is 0 Å². The molecule has 20 heavy (non-hydrogen) atoms. The van der Waals surface area contributed by atoms with E-state index in [1.807, 2.05) is 19.9 Å². The molecular weight excluding hydrogens is 320 g/mol. The average Bonchev–Trinajstić information content (AvgIpc) is 2.72. The lowest BCUT2D eigenvalue weighted by molar-refractivity contribution is -0.148. The smallest absolute Gasteiger partial charge is 0.308 e. The highest BCUT2D eigenvalue weighted by Crippen LogP contribution is 2.25. The van der Waals surface area contributed by atoms with E-state index in [-0.39, 0.29) is 22.5 Å². The van der Waals surface area contributed by atoms with Crippen LogP contribution in [0.3, 0.4) is 0 Å². The number of unbranched alkanes of at least 4 members (excludes halogenated alkanes) is 2. The summed E-state index contributed by atoms with van der Waals surface area (Å²) in [5.41, 5.74) is 0.976. The minimum Gasteiger partial charge on any atom is -0.466 e. The minimum absolute atomic E-state index is 0.0363. The lowest BCUT2D eigenvalue weighted by atomic mass is 9.97. The summed E-state index contributed by atoms with van der Waals surface area (Å²) in [6, 6.07) is 0. The molecule has 3 nitrogen and oxygen atoms in total. The second-order valence-corrected chi connectivity index (χ2v) is 6.47. The van der Waals surface area contributed by atoms with E-state index in [1.165, 1.54) is 0 Å². The van der Waals surface area contributed by atoms with E-state index in [9.17, 15) is 9.59 Å². The van der Waals surface area contributed by atoms with Crippen LogP contribution in [0.5, 0.6) is 0 Å². The molecular formula is C16H25BrO3. The third-order valence-corrected chi connectivity index (χ3v) is 4.32. The summed E-state index contributed by atoms with van der Waals surface area (Å²) < 4.78 is 5.06. The summed E-state index contributed by atoms with van der Waals surface area (Å²) in [5.74, 6) is 0.254. The fourth-order valence-electron chi connectivity index (χ4n) is 2.53. The molecule has 2 atom stereocenters. The molecule has 0 saturated heterocycles. The van der Waals surface area contributed by atoms with E-state index in [0.717, 1.165) is 44.1 Å². The highest BCUT2D eigenvalue weighted by atomic mass is 79.9. The third kappa shape index (κ3) is 5.78. The van der Waals surface area contributed by atoms with Gasteiger partial charge in [0, 0.05) is 11.2 Å². The van der Waals surface area contributed by atoms with Gasteiger partial charge in [0.25, 0.3) is 0 Å².